The highest BCUT2D eigenvalue weighted by Crippen LogP contribution is 2.31. The van der Waals surface area contributed by atoms with Gasteiger partial charge in [0.25, 0.3) is 11.7 Å². The van der Waals surface area contributed by atoms with Crippen molar-refractivity contribution in [3.05, 3.63) is 47.3 Å². The second-order valence-corrected chi connectivity index (χ2v) is 11.1. The summed E-state index contributed by atoms with van der Waals surface area (Å²) in [6.07, 6.45) is -8.08. The first-order chi connectivity index (χ1) is 19.8. The number of likely N-dealkylation sites (tertiary alicyclic amines) is 1. The Morgan fingerprint density at radius 3 is 2.14 bits per heavy atom. The normalized spacial score (nSPS) is 17.2. The molecule has 1 aliphatic rings. The first-order valence-corrected chi connectivity index (χ1v) is 13.6. The molecule has 236 valence electrons. The number of amides is 3. The number of ketones is 1. The molecule has 1 aliphatic heterocycles. The molecule has 1 aromatic carbocycles. The lowest BCUT2D eigenvalue weighted by Crippen LogP contribution is -2.58. The maximum atomic E-state index is 13.6. The van der Waals surface area contributed by atoms with Crippen LogP contribution in [0.5, 0.6) is 0 Å². The molecule has 3 amide bonds. The maximum Gasteiger partial charge on any atom is 0.452 e. The van der Waals surface area contributed by atoms with E-state index >= 15 is 0 Å². The summed E-state index contributed by atoms with van der Waals surface area (Å²) in [5.74, 6) is -5.75. The number of Topliss-reactive ketones (excluding diaryl/α,β-unsaturated/α-hetero) is 1. The molecule has 1 fully saturated rings. The first kappa shape index (κ1) is 33.6. The van der Waals surface area contributed by atoms with Crippen LogP contribution in [0.1, 0.15) is 62.2 Å². The molecule has 0 spiro atoms. The molecule has 0 bridgehead atoms. The fourth-order valence-corrected chi connectivity index (χ4v) is 4.88. The average Bonchev–Trinajstić information content (AvgIpc) is 3.55. The Hall–Kier alpha value is -3.91. The number of rotatable bonds is 9. The van der Waals surface area contributed by atoms with Crippen molar-refractivity contribution in [1.82, 2.24) is 25.3 Å². The van der Waals surface area contributed by atoms with Crippen LogP contribution in [0.15, 0.2) is 30.5 Å². The molecule has 0 saturated carbocycles. The van der Waals surface area contributed by atoms with Crippen LogP contribution in [0.4, 0.5) is 26.3 Å². The Kier molecular flexibility index (Phi) is 9.97. The van der Waals surface area contributed by atoms with Gasteiger partial charge in [0.1, 0.15) is 12.1 Å². The number of aromatic nitrogens is 2. The summed E-state index contributed by atoms with van der Waals surface area (Å²) >= 11 is 0. The van der Waals surface area contributed by atoms with Crippen LogP contribution in [0.3, 0.4) is 0 Å². The van der Waals surface area contributed by atoms with E-state index in [0.717, 1.165) is 23.0 Å². The highest BCUT2D eigenvalue weighted by atomic mass is 19.4. The Labute approximate surface area is 244 Å². The number of nitrogens with one attached hydrogen (secondary N) is 2. The van der Waals surface area contributed by atoms with E-state index < -0.39 is 71.4 Å². The molecular formula is C28H33F6N5O4. The maximum absolute atomic E-state index is 13.6. The monoisotopic (exact) mass is 617 g/mol. The lowest BCUT2D eigenvalue weighted by Gasteiger charge is -2.31. The largest absolute Gasteiger partial charge is 0.452 e. The van der Waals surface area contributed by atoms with Gasteiger partial charge < -0.3 is 15.5 Å². The molecule has 1 saturated heterocycles. The lowest BCUT2D eigenvalue weighted by molar-refractivity contribution is -0.175. The van der Waals surface area contributed by atoms with E-state index in [2.05, 4.69) is 15.7 Å². The van der Waals surface area contributed by atoms with E-state index in [4.69, 9.17) is 0 Å². The quantitative estimate of drug-likeness (QED) is 0.410. The number of nitrogens with zero attached hydrogens (tertiary/aromatic N) is 3. The topological polar surface area (TPSA) is 113 Å². The Bertz CT molecular complexity index is 1370. The summed E-state index contributed by atoms with van der Waals surface area (Å²) in [5, 5.41) is 8.81. The summed E-state index contributed by atoms with van der Waals surface area (Å²) < 4.78 is 80.0. The van der Waals surface area contributed by atoms with E-state index in [1.807, 2.05) is 0 Å². The molecule has 43 heavy (non-hydrogen) atoms. The van der Waals surface area contributed by atoms with Crippen molar-refractivity contribution in [2.45, 2.75) is 77.9 Å². The Balaban J connectivity index is 1.79. The second-order valence-electron chi connectivity index (χ2n) is 11.1. The number of benzene rings is 1. The van der Waals surface area contributed by atoms with Crippen LogP contribution in [-0.4, -0.2) is 69.0 Å². The fraction of sp³-hybridized carbons (Fsp3) is 0.536. The molecule has 0 unspecified atom stereocenters. The van der Waals surface area contributed by atoms with E-state index in [0.29, 0.717) is 6.42 Å². The summed E-state index contributed by atoms with van der Waals surface area (Å²) in [4.78, 5) is 52.9. The molecule has 2 aromatic rings. The van der Waals surface area contributed by atoms with Gasteiger partial charge in [0.15, 0.2) is 0 Å². The van der Waals surface area contributed by atoms with Gasteiger partial charge in [-0.05, 0) is 49.8 Å². The summed E-state index contributed by atoms with van der Waals surface area (Å²) in [7, 11) is 0. The highest BCUT2D eigenvalue weighted by molar-refractivity contribution is 6.00. The number of alkyl halides is 6. The Morgan fingerprint density at radius 2 is 1.58 bits per heavy atom. The second kappa shape index (κ2) is 12.8. The minimum Gasteiger partial charge on any atom is -0.344 e. The van der Waals surface area contributed by atoms with Crippen molar-refractivity contribution >= 4 is 23.5 Å². The SMILES string of the molecule is Cc1c(C(=O)N[C@H](C(=O)N2CCC[C@H]2C(=O)N[C@H](C(=O)C(F)(F)F)C(C)C)C(C)C)cnn1-c1cccc(C(F)(F)F)c1. The number of carbonyl (C=O) groups excluding carboxylic acids is 4. The summed E-state index contributed by atoms with van der Waals surface area (Å²) in [5.41, 5.74) is -0.628. The zero-order valence-electron chi connectivity index (χ0n) is 24.1. The third-order valence-electron chi connectivity index (χ3n) is 7.26. The highest BCUT2D eigenvalue weighted by Gasteiger charge is 2.46. The molecular weight excluding hydrogens is 584 g/mol. The predicted molar refractivity (Wildman–Crippen MR) is 142 cm³/mol. The minimum absolute atomic E-state index is 0.00276. The van der Waals surface area contributed by atoms with Crippen LogP contribution in [-0.2, 0) is 20.6 Å². The van der Waals surface area contributed by atoms with Crippen LogP contribution < -0.4 is 10.6 Å². The molecule has 3 atom stereocenters. The molecule has 15 heteroatoms. The zero-order valence-corrected chi connectivity index (χ0v) is 24.1. The zero-order chi connectivity index (χ0) is 32.4. The van der Waals surface area contributed by atoms with Crippen LogP contribution in [0.2, 0.25) is 0 Å². The van der Waals surface area contributed by atoms with Gasteiger partial charge in [-0.25, -0.2) is 4.68 Å². The first-order valence-electron chi connectivity index (χ1n) is 13.6. The van der Waals surface area contributed by atoms with Gasteiger partial charge in [0, 0.05) is 6.54 Å². The van der Waals surface area contributed by atoms with Gasteiger partial charge in [-0.1, -0.05) is 33.8 Å². The summed E-state index contributed by atoms with van der Waals surface area (Å²) in [6, 6.07) is 0.236. The number of halogens is 6. The summed E-state index contributed by atoms with van der Waals surface area (Å²) in [6.45, 7) is 7.57. The average molecular weight is 618 g/mol. The van der Waals surface area contributed by atoms with E-state index in [9.17, 15) is 45.5 Å². The standard InChI is InChI=1S/C28H33F6N5O4/c1-14(2)21(23(40)28(32,33)34)36-25(42)20-10-7-11-38(20)26(43)22(15(3)4)37-24(41)19-13-35-39(16(19)5)18-9-6-8-17(12-18)27(29,30)31/h6,8-9,12-15,20-22H,7,10-11H2,1-5H3,(H,36,42)(H,37,41)/t20-,21-,22-/m0/s1. The predicted octanol–water partition coefficient (Wildman–Crippen LogP) is 4.22. The molecule has 2 heterocycles. The number of carbonyl (C=O) groups is 4. The van der Waals surface area contributed by atoms with Crippen molar-refractivity contribution in [3.8, 4) is 5.69 Å². The van der Waals surface area contributed by atoms with Gasteiger partial charge in [-0.15, -0.1) is 0 Å². The van der Waals surface area contributed by atoms with Gasteiger partial charge in [0.2, 0.25) is 11.8 Å². The minimum atomic E-state index is -5.16. The van der Waals surface area contributed by atoms with Crippen molar-refractivity contribution in [3.63, 3.8) is 0 Å². The van der Waals surface area contributed by atoms with Crippen LogP contribution in [0, 0.1) is 18.8 Å². The third-order valence-corrected chi connectivity index (χ3v) is 7.26. The number of hydrogen-bond acceptors (Lipinski definition) is 5. The Morgan fingerprint density at radius 1 is 0.953 bits per heavy atom. The van der Waals surface area contributed by atoms with Gasteiger partial charge in [-0.3, -0.25) is 19.2 Å². The van der Waals surface area contributed by atoms with Gasteiger partial charge in [-0.2, -0.15) is 31.4 Å². The lowest BCUT2D eigenvalue weighted by atomic mass is 9.98. The third kappa shape index (κ3) is 7.54. The molecule has 9 nitrogen and oxygen atoms in total. The van der Waals surface area contributed by atoms with E-state index in [1.165, 1.54) is 37.8 Å². The van der Waals surface area contributed by atoms with Crippen molar-refractivity contribution in [1.29, 1.82) is 0 Å². The molecule has 0 radical (unpaired) electrons. The van der Waals surface area contributed by atoms with E-state index in [1.54, 1.807) is 13.8 Å². The van der Waals surface area contributed by atoms with Crippen LogP contribution in [0.25, 0.3) is 5.69 Å². The smallest absolute Gasteiger partial charge is 0.344 e. The fourth-order valence-electron chi connectivity index (χ4n) is 4.88. The van der Waals surface area contributed by atoms with Crippen LogP contribution >= 0.6 is 0 Å². The van der Waals surface area contributed by atoms with Gasteiger partial charge >= 0.3 is 12.4 Å². The molecule has 1 aromatic heterocycles. The molecule has 2 N–H and O–H groups in total. The van der Waals surface area contributed by atoms with Crippen molar-refractivity contribution < 1.29 is 45.5 Å². The van der Waals surface area contributed by atoms with Gasteiger partial charge in [0.05, 0.1) is 34.7 Å². The van der Waals surface area contributed by atoms with Crippen molar-refractivity contribution in [2.24, 2.45) is 11.8 Å². The molecule has 3 rings (SSSR count). The van der Waals surface area contributed by atoms with E-state index in [-0.39, 0.29) is 29.9 Å². The molecule has 0 aliphatic carbocycles. The van der Waals surface area contributed by atoms with Crippen molar-refractivity contribution in [2.75, 3.05) is 6.54 Å². The number of hydrogen-bond donors (Lipinski definition) is 2.